The van der Waals surface area contributed by atoms with Crippen molar-refractivity contribution in [2.45, 2.75) is 26.7 Å². The maximum Gasteiger partial charge on any atom is 0.123 e. The summed E-state index contributed by atoms with van der Waals surface area (Å²) in [7, 11) is 0. The van der Waals surface area contributed by atoms with Gasteiger partial charge in [0, 0.05) is 11.1 Å². The fourth-order valence-corrected chi connectivity index (χ4v) is 3.08. The number of benzene rings is 1. The molecule has 1 aromatic carbocycles. The van der Waals surface area contributed by atoms with Crippen LogP contribution < -0.4 is 5.32 Å². The molecule has 0 amide bonds. The van der Waals surface area contributed by atoms with Crippen LogP contribution >= 0.6 is 11.3 Å². The average molecular weight is 306 g/mol. The van der Waals surface area contributed by atoms with E-state index in [-0.39, 0.29) is 5.82 Å². The first-order valence-electron chi connectivity index (χ1n) is 7.46. The maximum absolute atomic E-state index is 13.0. The van der Waals surface area contributed by atoms with E-state index in [0.717, 1.165) is 25.9 Å². The van der Waals surface area contributed by atoms with Gasteiger partial charge in [-0.05, 0) is 55.5 Å². The Balaban J connectivity index is 1.95. The first-order chi connectivity index (χ1) is 10.1. The molecule has 2 nitrogen and oxygen atoms in total. The molecule has 0 saturated heterocycles. The highest BCUT2D eigenvalue weighted by molar-refractivity contribution is 7.09. The summed E-state index contributed by atoms with van der Waals surface area (Å²) in [5, 5.41) is 3.54. The molecule has 2 aromatic rings. The number of rotatable bonds is 8. The van der Waals surface area contributed by atoms with Crippen LogP contribution in [-0.4, -0.2) is 18.1 Å². The van der Waals surface area contributed by atoms with Gasteiger partial charge in [-0.25, -0.2) is 4.39 Å². The molecule has 0 aliphatic carbocycles. The lowest BCUT2D eigenvalue weighted by Crippen LogP contribution is -2.28. The topological polar surface area (TPSA) is 24.9 Å². The number of thiazole rings is 1. The van der Waals surface area contributed by atoms with E-state index in [1.54, 1.807) is 23.5 Å². The van der Waals surface area contributed by atoms with Crippen LogP contribution in [0.2, 0.25) is 0 Å². The van der Waals surface area contributed by atoms with Crippen molar-refractivity contribution in [2.75, 3.05) is 13.1 Å². The molecule has 0 bridgehead atoms. The van der Waals surface area contributed by atoms with Gasteiger partial charge in [-0.2, -0.15) is 0 Å². The molecule has 2 rings (SSSR count). The summed E-state index contributed by atoms with van der Waals surface area (Å²) in [5.41, 5.74) is 3.07. The third-order valence-electron chi connectivity index (χ3n) is 3.40. The molecule has 0 radical (unpaired) electrons. The Kier molecular flexibility index (Phi) is 6.33. The highest BCUT2D eigenvalue weighted by atomic mass is 32.1. The molecular weight excluding hydrogens is 283 g/mol. The van der Waals surface area contributed by atoms with Crippen LogP contribution in [0.15, 0.2) is 36.0 Å². The smallest absolute Gasteiger partial charge is 0.123 e. The molecular formula is C17H23FN2S. The van der Waals surface area contributed by atoms with Crippen molar-refractivity contribution < 1.29 is 4.39 Å². The van der Waals surface area contributed by atoms with Gasteiger partial charge in [-0.1, -0.05) is 26.0 Å². The Hall–Kier alpha value is -1.26. The molecule has 0 spiro atoms. The van der Waals surface area contributed by atoms with Crippen molar-refractivity contribution in [3.63, 3.8) is 0 Å². The summed E-state index contributed by atoms with van der Waals surface area (Å²) in [6.07, 6.45) is 3.93. The van der Waals surface area contributed by atoms with Crippen molar-refractivity contribution >= 4 is 11.3 Å². The number of nitrogens with one attached hydrogen (secondary N) is 1. The monoisotopic (exact) mass is 306 g/mol. The molecule has 114 valence electrons. The number of hydrogen-bond acceptors (Lipinski definition) is 3. The molecule has 1 atom stereocenters. The van der Waals surface area contributed by atoms with E-state index in [2.05, 4.69) is 24.1 Å². The lowest BCUT2D eigenvalue weighted by molar-refractivity contribution is 0.447. The van der Waals surface area contributed by atoms with Crippen LogP contribution in [0.5, 0.6) is 0 Å². The van der Waals surface area contributed by atoms with Gasteiger partial charge >= 0.3 is 0 Å². The average Bonchev–Trinajstić information content (AvgIpc) is 2.94. The minimum Gasteiger partial charge on any atom is -0.316 e. The highest BCUT2D eigenvalue weighted by Crippen LogP contribution is 2.17. The molecule has 1 unspecified atom stereocenters. The second kappa shape index (κ2) is 8.25. The number of aromatic nitrogens is 1. The predicted octanol–water partition coefficient (Wildman–Crippen LogP) is 3.93. The van der Waals surface area contributed by atoms with Gasteiger partial charge in [0.05, 0.1) is 5.51 Å². The molecule has 1 N–H and O–H groups in total. The van der Waals surface area contributed by atoms with Crippen LogP contribution in [0.25, 0.3) is 0 Å². The van der Waals surface area contributed by atoms with Crippen LogP contribution in [0.3, 0.4) is 0 Å². The summed E-state index contributed by atoms with van der Waals surface area (Å²) in [6, 6.07) is 6.86. The standard InChI is InChI=1S/C17H23FN2S/c1-13(2)9-19-10-15(8-17-11-20-12-21-17)7-14-3-5-16(18)6-4-14/h3-6,11-13,15,19H,7-10H2,1-2H3. The van der Waals surface area contributed by atoms with Gasteiger partial charge < -0.3 is 5.32 Å². The quantitative estimate of drug-likeness (QED) is 0.799. The van der Waals surface area contributed by atoms with E-state index in [9.17, 15) is 4.39 Å². The summed E-state index contributed by atoms with van der Waals surface area (Å²) in [6.45, 7) is 6.44. The molecule has 21 heavy (non-hydrogen) atoms. The van der Waals surface area contributed by atoms with Gasteiger partial charge in [0.2, 0.25) is 0 Å². The molecule has 0 saturated carbocycles. The maximum atomic E-state index is 13.0. The molecule has 0 fully saturated rings. The van der Waals surface area contributed by atoms with Crippen LogP contribution in [0, 0.1) is 17.7 Å². The van der Waals surface area contributed by atoms with E-state index < -0.39 is 0 Å². The Morgan fingerprint density at radius 2 is 1.90 bits per heavy atom. The van der Waals surface area contributed by atoms with Crippen molar-refractivity contribution in [3.05, 3.63) is 52.2 Å². The second-order valence-electron chi connectivity index (χ2n) is 5.92. The number of halogens is 1. The zero-order valence-corrected chi connectivity index (χ0v) is 13.5. The van der Waals surface area contributed by atoms with Gasteiger partial charge in [0.1, 0.15) is 5.82 Å². The van der Waals surface area contributed by atoms with E-state index in [0.29, 0.717) is 11.8 Å². The number of hydrogen-bond donors (Lipinski definition) is 1. The fraction of sp³-hybridized carbons (Fsp3) is 0.471. The van der Waals surface area contributed by atoms with E-state index in [1.165, 1.54) is 10.4 Å². The van der Waals surface area contributed by atoms with E-state index >= 15 is 0 Å². The van der Waals surface area contributed by atoms with Crippen molar-refractivity contribution in [3.8, 4) is 0 Å². The SMILES string of the molecule is CC(C)CNCC(Cc1ccc(F)cc1)Cc1cncs1. The Morgan fingerprint density at radius 3 is 2.52 bits per heavy atom. The zero-order valence-electron chi connectivity index (χ0n) is 12.7. The zero-order chi connectivity index (χ0) is 15.1. The normalized spacial score (nSPS) is 12.8. The minimum atomic E-state index is -0.171. The minimum absolute atomic E-state index is 0.171. The molecule has 1 heterocycles. The Morgan fingerprint density at radius 1 is 1.14 bits per heavy atom. The largest absolute Gasteiger partial charge is 0.316 e. The third kappa shape index (κ3) is 5.94. The molecule has 4 heteroatoms. The predicted molar refractivity (Wildman–Crippen MR) is 87.1 cm³/mol. The second-order valence-corrected chi connectivity index (χ2v) is 6.89. The van der Waals surface area contributed by atoms with Crippen molar-refractivity contribution in [2.24, 2.45) is 11.8 Å². The van der Waals surface area contributed by atoms with Crippen molar-refractivity contribution in [1.82, 2.24) is 10.3 Å². The van der Waals surface area contributed by atoms with Gasteiger partial charge in [0.25, 0.3) is 0 Å². The number of nitrogens with zero attached hydrogens (tertiary/aromatic N) is 1. The Bertz CT molecular complexity index is 508. The first-order valence-corrected chi connectivity index (χ1v) is 8.34. The molecule has 0 aliphatic heterocycles. The van der Waals surface area contributed by atoms with Crippen LogP contribution in [-0.2, 0) is 12.8 Å². The fourth-order valence-electron chi connectivity index (χ4n) is 2.37. The summed E-state index contributed by atoms with van der Waals surface area (Å²) < 4.78 is 13.0. The third-order valence-corrected chi connectivity index (χ3v) is 4.20. The van der Waals surface area contributed by atoms with Gasteiger partial charge in [-0.3, -0.25) is 4.98 Å². The Labute approximate surface area is 130 Å². The lowest BCUT2D eigenvalue weighted by atomic mass is 9.95. The summed E-state index contributed by atoms with van der Waals surface area (Å²) in [4.78, 5) is 5.46. The van der Waals surface area contributed by atoms with E-state index in [1.807, 2.05) is 23.8 Å². The lowest BCUT2D eigenvalue weighted by Gasteiger charge is -2.18. The van der Waals surface area contributed by atoms with Crippen LogP contribution in [0.1, 0.15) is 24.3 Å². The van der Waals surface area contributed by atoms with Gasteiger partial charge in [0.15, 0.2) is 0 Å². The summed E-state index contributed by atoms with van der Waals surface area (Å²) in [5.74, 6) is 0.991. The molecule has 0 aliphatic rings. The van der Waals surface area contributed by atoms with E-state index in [4.69, 9.17) is 0 Å². The van der Waals surface area contributed by atoms with Gasteiger partial charge in [-0.15, -0.1) is 11.3 Å². The summed E-state index contributed by atoms with van der Waals surface area (Å²) >= 11 is 1.71. The molecule has 1 aromatic heterocycles. The first kappa shape index (κ1) is 16.1. The van der Waals surface area contributed by atoms with Crippen LogP contribution in [0.4, 0.5) is 4.39 Å². The highest BCUT2D eigenvalue weighted by Gasteiger charge is 2.12. The van der Waals surface area contributed by atoms with Crippen molar-refractivity contribution in [1.29, 1.82) is 0 Å².